The molecule has 1 aliphatic heterocycles. The Bertz CT molecular complexity index is 806. The lowest BCUT2D eigenvalue weighted by Crippen LogP contribution is -2.26. The first-order valence-electron chi connectivity index (χ1n) is 9.80. The van der Waals surface area contributed by atoms with Gasteiger partial charge in [0.15, 0.2) is 5.78 Å². The van der Waals surface area contributed by atoms with Crippen molar-refractivity contribution in [1.82, 2.24) is 0 Å². The van der Waals surface area contributed by atoms with E-state index >= 15 is 0 Å². The number of hydrogen-bond donors (Lipinski definition) is 0. The van der Waals surface area contributed by atoms with Gasteiger partial charge in [-0.25, -0.2) is 0 Å². The molecule has 1 atom stereocenters. The summed E-state index contributed by atoms with van der Waals surface area (Å²) in [6.45, 7) is 2.18. The smallest absolute Gasteiger partial charge is 0.311 e. The van der Waals surface area contributed by atoms with Gasteiger partial charge in [0.25, 0.3) is 0 Å². The van der Waals surface area contributed by atoms with Gasteiger partial charge in [0.2, 0.25) is 0 Å². The van der Waals surface area contributed by atoms with Gasteiger partial charge in [-0.2, -0.15) is 0 Å². The monoisotopic (exact) mass is 362 g/mol. The van der Waals surface area contributed by atoms with Crippen molar-refractivity contribution in [2.75, 3.05) is 0 Å². The van der Waals surface area contributed by atoms with Gasteiger partial charge in [0.1, 0.15) is 5.76 Å². The fourth-order valence-corrected chi connectivity index (χ4v) is 3.60. The maximum Gasteiger partial charge on any atom is 0.311 e. The molecule has 27 heavy (non-hydrogen) atoms. The molecule has 1 aliphatic rings. The average molecular weight is 362 g/mol. The van der Waals surface area contributed by atoms with Crippen molar-refractivity contribution in [3.8, 4) is 0 Å². The molecule has 0 bridgehead atoms. The summed E-state index contributed by atoms with van der Waals surface area (Å²) < 4.78 is 5.61. The normalized spacial score (nSPS) is 16.9. The summed E-state index contributed by atoms with van der Waals surface area (Å²) in [4.78, 5) is 25.6. The second kappa shape index (κ2) is 9.31. The predicted molar refractivity (Wildman–Crippen MR) is 107 cm³/mol. The van der Waals surface area contributed by atoms with E-state index in [-0.39, 0.29) is 24.1 Å². The molecule has 0 radical (unpaired) electrons. The lowest BCUT2D eigenvalue weighted by molar-refractivity contribution is -0.138. The molecule has 0 aliphatic carbocycles. The van der Waals surface area contributed by atoms with Gasteiger partial charge in [-0.3, -0.25) is 9.59 Å². The van der Waals surface area contributed by atoms with E-state index in [1.165, 1.54) is 6.42 Å². The van der Waals surface area contributed by atoms with Gasteiger partial charge in [-0.15, -0.1) is 0 Å². The SMILES string of the molecule is CCCCCCC1CC(=O)OC(c2ccccc2)=C1C(=O)c1ccccc1. The number of cyclic esters (lactones) is 1. The molecule has 1 heterocycles. The number of allylic oxidation sites excluding steroid dienone is 1. The van der Waals surface area contributed by atoms with Crippen LogP contribution in [-0.4, -0.2) is 11.8 Å². The topological polar surface area (TPSA) is 43.4 Å². The number of unbranched alkanes of at least 4 members (excludes halogenated alkanes) is 3. The second-order valence-corrected chi connectivity index (χ2v) is 7.03. The second-order valence-electron chi connectivity index (χ2n) is 7.03. The zero-order valence-electron chi connectivity index (χ0n) is 15.8. The summed E-state index contributed by atoms with van der Waals surface area (Å²) in [6.07, 6.45) is 5.58. The van der Waals surface area contributed by atoms with Gasteiger partial charge in [0, 0.05) is 22.6 Å². The fourth-order valence-electron chi connectivity index (χ4n) is 3.60. The number of ketones is 1. The van der Waals surface area contributed by atoms with Crippen molar-refractivity contribution in [3.05, 3.63) is 77.4 Å². The first kappa shape index (κ1) is 19.1. The number of hydrogen-bond acceptors (Lipinski definition) is 3. The number of carbonyl (C=O) groups excluding carboxylic acids is 2. The zero-order chi connectivity index (χ0) is 19.1. The fraction of sp³-hybridized carbons (Fsp3) is 0.333. The maximum atomic E-state index is 13.3. The highest BCUT2D eigenvalue weighted by Crippen LogP contribution is 2.37. The van der Waals surface area contributed by atoms with E-state index in [1.54, 1.807) is 0 Å². The molecule has 3 rings (SSSR count). The lowest BCUT2D eigenvalue weighted by Gasteiger charge is -2.27. The van der Waals surface area contributed by atoms with Crippen LogP contribution in [0.1, 0.15) is 61.4 Å². The van der Waals surface area contributed by atoms with Crippen LogP contribution in [0.5, 0.6) is 0 Å². The zero-order valence-corrected chi connectivity index (χ0v) is 15.8. The van der Waals surface area contributed by atoms with Gasteiger partial charge in [-0.05, 0) is 6.42 Å². The van der Waals surface area contributed by atoms with Crippen LogP contribution in [0.2, 0.25) is 0 Å². The minimum atomic E-state index is -0.251. The maximum absolute atomic E-state index is 13.3. The number of esters is 1. The summed E-state index contributed by atoms with van der Waals surface area (Å²) in [6, 6.07) is 18.7. The number of rotatable bonds is 8. The summed E-state index contributed by atoms with van der Waals surface area (Å²) >= 11 is 0. The molecule has 3 heteroatoms. The van der Waals surface area contributed by atoms with Crippen molar-refractivity contribution in [3.63, 3.8) is 0 Å². The molecule has 0 N–H and O–H groups in total. The third kappa shape index (κ3) is 4.73. The highest BCUT2D eigenvalue weighted by molar-refractivity contribution is 6.14. The Balaban J connectivity index is 2.00. The van der Waals surface area contributed by atoms with Crippen LogP contribution in [-0.2, 0) is 9.53 Å². The molecule has 0 fully saturated rings. The Morgan fingerprint density at radius 1 is 0.963 bits per heavy atom. The van der Waals surface area contributed by atoms with Crippen LogP contribution in [0.3, 0.4) is 0 Å². The number of Topliss-reactive ketones (excluding diaryl/α,β-unsaturated/α-hetero) is 1. The van der Waals surface area contributed by atoms with Gasteiger partial charge in [-0.1, -0.05) is 93.3 Å². The minimum absolute atomic E-state index is 0.0394. The lowest BCUT2D eigenvalue weighted by atomic mass is 9.82. The van der Waals surface area contributed by atoms with Gasteiger partial charge < -0.3 is 4.74 Å². The van der Waals surface area contributed by atoms with E-state index in [0.29, 0.717) is 16.9 Å². The minimum Gasteiger partial charge on any atom is -0.425 e. The number of ether oxygens (including phenoxy) is 1. The molecular weight excluding hydrogens is 336 g/mol. The molecule has 3 nitrogen and oxygen atoms in total. The Labute approximate surface area is 161 Å². The van der Waals surface area contributed by atoms with Crippen molar-refractivity contribution in [2.24, 2.45) is 5.92 Å². The molecule has 0 saturated carbocycles. The summed E-state index contributed by atoms with van der Waals surface area (Å²) in [7, 11) is 0. The van der Waals surface area contributed by atoms with E-state index < -0.39 is 0 Å². The summed E-state index contributed by atoms with van der Waals surface area (Å²) in [5.41, 5.74) is 2.06. The largest absolute Gasteiger partial charge is 0.425 e. The Morgan fingerprint density at radius 2 is 1.63 bits per heavy atom. The Morgan fingerprint density at radius 3 is 2.30 bits per heavy atom. The van der Waals surface area contributed by atoms with E-state index in [4.69, 9.17) is 4.74 Å². The van der Waals surface area contributed by atoms with Crippen LogP contribution in [0.15, 0.2) is 66.2 Å². The summed E-state index contributed by atoms with van der Waals surface area (Å²) in [5.74, 6) is 0.0496. The molecule has 0 spiro atoms. The molecule has 2 aromatic carbocycles. The third-order valence-electron chi connectivity index (χ3n) is 5.00. The van der Waals surface area contributed by atoms with Crippen LogP contribution < -0.4 is 0 Å². The van der Waals surface area contributed by atoms with Crippen molar-refractivity contribution in [1.29, 1.82) is 0 Å². The molecule has 0 aromatic heterocycles. The Hall–Kier alpha value is -2.68. The highest BCUT2D eigenvalue weighted by atomic mass is 16.5. The average Bonchev–Trinajstić information content (AvgIpc) is 2.71. The van der Waals surface area contributed by atoms with Gasteiger partial charge >= 0.3 is 5.97 Å². The predicted octanol–water partition coefficient (Wildman–Crippen LogP) is 5.81. The molecule has 0 amide bonds. The summed E-state index contributed by atoms with van der Waals surface area (Å²) in [5, 5.41) is 0. The number of carbonyl (C=O) groups is 2. The van der Waals surface area contributed by atoms with E-state index in [9.17, 15) is 9.59 Å². The Kier molecular flexibility index (Phi) is 6.59. The molecule has 140 valence electrons. The molecular formula is C24H26O3. The van der Waals surface area contributed by atoms with E-state index in [0.717, 1.165) is 31.2 Å². The van der Waals surface area contributed by atoms with Crippen LogP contribution in [0.25, 0.3) is 5.76 Å². The standard InChI is InChI=1S/C24H26O3/c1-2-3-4-7-16-20-17-21(25)27-24(19-14-10-6-11-15-19)22(20)23(26)18-12-8-5-9-13-18/h5-6,8-15,20H,2-4,7,16-17H2,1H3. The van der Waals surface area contributed by atoms with Gasteiger partial charge in [0.05, 0.1) is 6.42 Å². The number of benzene rings is 2. The highest BCUT2D eigenvalue weighted by Gasteiger charge is 2.34. The quantitative estimate of drug-likeness (QED) is 0.338. The van der Waals surface area contributed by atoms with Crippen molar-refractivity contribution < 1.29 is 14.3 Å². The third-order valence-corrected chi connectivity index (χ3v) is 5.00. The first-order valence-corrected chi connectivity index (χ1v) is 9.80. The first-order chi connectivity index (χ1) is 13.2. The van der Waals surface area contributed by atoms with Crippen LogP contribution in [0.4, 0.5) is 0 Å². The van der Waals surface area contributed by atoms with E-state index in [2.05, 4.69) is 6.92 Å². The van der Waals surface area contributed by atoms with E-state index in [1.807, 2.05) is 60.7 Å². The van der Waals surface area contributed by atoms with Crippen LogP contribution >= 0.6 is 0 Å². The molecule has 0 saturated heterocycles. The van der Waals surface area contributed by atoms with Crippen LogP contribution in [0, 0.1) is 5.92 Å². The van der Waals surface area contributed by atoms with Crippen molar-refractivity contribution >= 4 is 17.5 Å². The molecule has 2 aromatic rings. The molecule has 1 unspecified atom stereocenters. The van der Waals surface area contributed by atoms with Crippen molar-refractivity contribution in [2.45, 2.75) is 45.4 Å².